The number of nitrogens with zero attached hydrogens (tertiary/aromatic N) is 2. The Kier molecular flexibility index (Phi) is 2.29. The van der Waals surface area contributed by atoms with E-state index in [1.54, 1.807) is 0 Å². The maximum absolute atomic E-state index is 11.8. The molecule has 18 heavy (non-hydrogen) atoms. The van der Waals surface area contributed by atoms with Gasteiger partial charge in [-0.15, -0.1) is 0 Å². The molecule has 1 saturated heterocycles. The SMILES string of the molecule is O=C(O)C1CC(=O)N(c2n[nH]c3ccccc23)C1. The van der Waals surface area contributed by atoms with Crippen LogP contribution >= 0.6 is 0 Å². The second kappa shape index (κ2) is 3.83. The summed E-state index contributed by atoms with van der Waals surface area (Å²) in [5, 5.41) is 16.7. The molecule has 2 aromatic rings. The molecule has 1 fully saturated rings. The van der Waals surface area contributed by atoms with Gasteiger partial charge in [0.25, 0.3) is 0 Å². The molecule has 2 heterocycles. The van der Waals surface area contributed by atoms with Gasteiger partial charge in [-0.05, 0) is 12.1 Å². The third-order valence-electron chi connectivity index (χ3n) is 3.18. The summed E-state index contributed by atoms with van der Waals surface area (Å²) in [7, 11) is 0. The molecular formula is C12H11N3O3. The number of carboxylic acid groups (broad SMARTS) is 1. The van der Waals surface area contributed by atoms with Crippen molar-refractivity contribution in [3.8, 4) is 0 Å². The van der Waals surface area contributed by atoms with Crippen molar-refractivity contribution < 1.29 is 14.7 Å². The van der Waals surface area contributed by atoms with Crippen LogP contribution < -0.4 is 4.90 Å². The lowest BCUT2D eigenvalue weighted by atomic mass is 10.1. The van der Waals surface area contributed by atoms with Crippen LogP contribution in [-0.4, -0.2) is 33.7 Å². The third kappa shape index (κ3) is 1.54. The van der Waals surface area contributed by atoms with Crippen LogP contribution in [0.2, 0.25) is 0 Å². The summed E-state index contributed by atoms with van der Waals surface area (Å²) in [6.07, 6.45) is 0.0382. The smallest absolute Gasteiger partial charge is 0.308 e. The summed E-state index contributed by atoms with van der Waals surface area (Å²) >= 11 is 0. The number of nitrogens with one attached hydrogen (secondary N) is 1. The molecule has 0 spiro atoms. The number of aliphatic carboxylic acids is 1. The van der Waals surface area contributed by atoms with Crippen molar-refractivity contribution in [2.75, 3.05) is 11.4 Å². The number of benzene rings is 1. The van der Waals surface area contributed by atoms with Crippen molar-refractivity contribution in [1.82, 2.24) is 10.2 Å². The maximum atomic E-state index is 11.8. The molecule has 1 unspecified atom stereocenters. The normalized spacial score (nSPS) is 19.7. The number of H-pyrrole nitrogens is 1. The fraction of sp³-hybridized carbons (Fsp3) is 0.250. The standard InChI is InChI=1S/C12H11N3O3/c16-10-5-7(12(17)18)6-15(10)11-8-3-1-2-4-9(8)13-14-11/h1-4,7H,5-6H2,(H,13,14)(H,17,18). The number of para-hydroxylation sites is 1. The maximum Gasteiger partial charge on any atom is 0.308 e. The van der Waals surface area contributed by atoms with Gasteiger partial charge in [-0.25, -0.2) is 0 Å². The van der Waals surface area contributed by atoms with E-state index in [0.717, 1.165) is 10.9 Å². The van der Waals surface area contributed by atoms with Gasteiger partial charge in [0.2, 0.25) is 5.91 Å². The highest BCUT2D eigenvalue weighted by Gasteiger charge is 2.36. The molecule has 0 radical (unpaired) electrons. The van der Waals surface area contributed by atoms with Crippen LogP contribution in [0.15, 0.2) is 24.3 Å². The number of carbonyl (C=O) groups is 2. The average Bonchev–Trinajstić information content (AvgIpc) is 2.92. The third-order valence-corrected chi connectivity index (χ3v) is 3.18. The van der Waals surface area contributed by atoms with Gasteiger partial charge in [0.05, 0.1) is 11.4 Å². The number of hydrogen-bond donors (Lipinski definition) is 2. The summed E-state index contributed by atoms with van der Waals surface area (Å²) < 4.78 is 0. The van der Waals surface area contributed by atoms with Crippen molar-refractivity contribution in [3.63, 3.8) is 0 Å². The number of aromatic nitrogens is 2. The fourth-order valence-electron chi connectivity index (χ4n) is 2.23. The molecule has 2 N–H and O–H groups in total. The van der Waals surface area contributed by atoms with E-state index in [9.17, 15) is 9.59 Å². The zero-order chi connectivity index (χ0) is 12.7. The Morgan fingerprint density at radius 2 is 2.22 bits per heavy atom. The second-order valence-corrected chi connectivity index (χ2v) is 4.34. The van der Waals surface area contributed by atoms with Crippen LogP contribution in [0.1, 0.15) is 6.42 Å². The van der Waals surface area contributed by atoms with E-state index >= 15 is 0 Å². The summed E-state index contributed by atoms with van der Waals surface area (Å²) in [5.74, 6) is -1.27. The van der Waals surface area contributed by atoms with Crippen LogP contribution in [0.25, 0.3) is 10.9 Å². The first-order valence-electron chi connectivity index (χ1n) is 5.63. The lowest BCUT2D eigenvalue weighted by molar-refractivity contribution is -0.141. The molecule has 1 aliphatic heterocycles. The highest BCUT2D eigenvalue weighted by atomic mass is 16.4. The molecule has 6 heteroatoms. The first-order valence-corrected chi connectivity index (χ1v) is 5.63. The molecule has 1 aromatic heterocycles. The minimum atomic E-state index is -0.939. The van der Waals surface area contributed by atoms with Gasteiger partial charge < -0.3 is 5.11 Å². The number of rotatable bonds is 2. The van der Waals surface area contributed by atoms with E-state index in [4.69, 9.17) is 5.11 Å². The number of anilines is 1. The van der Waals surface area contributed by atoms with Crippen LogP contribution in [0.3, 0.4) is 0 Å². The zero-order valence-electron chi connectivity index (χ0n) is 9.46. The number of fused-ring (bicyclic) bond motifs is 1. The lowest BCUT2D eigenvalue weighted by Crippen LogP contribution is -2.26. The van der Waals surface area contributed by atoms with Gasteiger partial charge in [0, 0.05) is 18.4 Å². The summed E-state index contributed by atoms with van der Waals surface area (Å²) in [5.41, 5.74) is 0.832. The van der Waals surface area contributed by atoms with Gasteiger partial charge in [-0.2, -0.15) is 5.10 Å². The Bertz CT molecular complexity index is 634. The molecule has 1 atom stereocenters. The Morgan fingerprint density at radius 1 is 1.44 bits per heavy atom. The van der Waals surface area contributed by atoms with E-state index in [0.29, 0.717) is 5.82 Å². The van der Waals surface area contributed by atoms with Crippen LogP contribution in [0.4, 0.5) is 5.82 Å². The van der Waals surface area contributed by atoms with E-state index in [2.05, 4.69) is 10.2 Å². The first kappa shape index (κ1) is 10.8. The number of carbonyl (C=O) groups excluding carboxylic acids is 1. The Balaban J connectivity index is 2.00. The van der Waals surface area contributed by atoms with Gasteiger partial charge in [0.1, 0.15) is 0 Å². The van der Waals surface area contributed by atoms with Crippen molar-refractivity contribution in [3.05, 3.63) is 24.3 Å². The van der Waals surface area contributed by atoms with E-state index in [-0.39, 0.29) is 18.9 Å². The first-order chi connectivity index (χ1) is 8.66. The molecule has 92 valence electrons. The molecular weight excluding hydrogens is 234 g/mol. The van der Waals surface area contributed by atoms with E-state index < -0.39 is 11.9 Å². The predicted molar refractivity (Wildman–Crippen MR) is 64.2 cm³/mol. The highest BCUT2D eigenvalue weighted by Crippen LogP contribution is 2.29. The zero-order valence-corrected chi connectivity index (χ0v) is 9.46. The monoisotopic (exact) mass is 245 g/mol. The van der Waals surface area contributed by atoms with Crippen molar-refractivity contribution in [2.45, 2.75) is 6.42 Å². The topological polar surface area (TPSA) is 86.3 Å². The van der Waals surface area contributed by atoms with Crippen LogP contribution in [0, 0.1) is 5.92 Å². The minimum Gasteiger partial charge on any atom is -0.481 e. The highest BCUT2D eigenvalue weighted by molar-refractivity contribution is 6.04. The molecule has 0 aliphatic carbocycles. The largest absolute Gasteiger partial charge is 0.481 e. The summed E-state index contributed by atoms with van der Waals surface area (Å²) in [6.45, 7) is 0.184. The van der Waals surface area contributed by atoms with Gasteiger partial charge in [-0.1, -0.05) is 12.1 Å². The molecule has 1 amide bonds. The predicted octanol–water partition coefficient (Wildman–Crippen LogP) is 1.00. The minimum absolute atomic E-state index is 0.0382. The van der Waals surface area contributed by atoms with Crippen LogP contribution in [-0.2, 0) is 9.59 Å². The van der Waals surface area contributed by atoms with Crippen molar-refractivity contribution >= 4 is 28.6 Å². The molecule has 1 aliphatic rings. The van der Waals surface area contributed by atoms with Crippen molar-refractivity contribution in [1.29, 1.82) is 0 Å². The lowest BCUT2D eigenvalue weighted by Gasteiger charge is -2.12. The number of amides is 1. The molecule has 3 rings (SSSR count). The van der Waals surface area contributed by atoms with Crippen LogP contribution in [0.5, 0.6) is 0 Å². The number of hydrogen-bond acceptors (Lipinski definition) is 3. The van der Waals surface area contributed by atoms with E-state index in [1.807, 2.05) is 24.3 Å². The molecule has 0 saturated carbocycles. The number of aromatic amines is 1. The summed E-state index contributed by atoms with van der Waals surface area (Å²) in [6, 6.07) is 7.45. The van der Waals surface area contributed by atoms with Gasteiger partial charge in [0.15, 0.2) is 5.82 Å². The second-order valence-electron chi connectivity index (χ2n) is 4.34. The quantitative estimate of drug-likeness (QED) is 0.826. The van der Waals surface area contributed by atoms with Gasteiger partial charge >= 0.3 is 5.97 Å². The molecule has 0 bridgehead atoms. The fourth-order valence-corrected chi connectivity index (χ4v) is 2.23. The Morgan fingerprint density at radius 3 is 2.94 bits per heavy atom. The van der Waals surface area contributed by atoms with Crippen molar-refractivity contribution in [2.24, 2.45) is 5.92 Å². The summed E-state index contributed by atoms with van der Waals surface area (Å²) in [4.78, 5) is 24.2. The van der Waals surface area contributed by atoms with Gasteiger partial charge in [-0.3, -0.25) is 19.6 Å². The number of carboxylic acids is 1. The van der Waals surface area contributed by atoms with E-state index in [1.165, 1.54) is 4.90 Å². The Labute approximate surface area is 102 Å². The molecule has 6 nitrogen and oxygen atoms in total. The molecule has 1 aromatic carbocycles. The average molecular weight is 245 g/mol. The Hall–Kier alpha value is -2.37.